The van der Waals surface area contributed by atoms with Gasteiger partial charge in [-0.1, -0.05) is 18.2 Å². The standard InChI is InChI=1S/C17H20FNO2S/c18-15-5-3-13(4-6-15)12-17(21)19-9-7-14(8-10-20)16-2-1-11-22-16/h1-6,11,14,20H,7-10,12H2,(H,19,21). The lowest BCUT2D eigenvalue weighted by molar-refractivity contribution is -0.120. The molecule has 118 valence electrons. The van der Waals surface area contributed by atoms with Crippen LogP contribution in [0.5, 0.6) is 0 Å². The molecule has 0 fully saturated rings. The number of benzene rings is 1. The van der Waals surface area contributed by atoms with Crippen molar-refractivity contribution in [2.75, 3.05) is 13.2 Å². The van der Waals surface area contributed by atoms with E-state index in [0.29, 0.717) is 13.0 Å². The number of hydrogen-bond donors (Lipinski definition) is 2. The molecule has 0 spiro atoms. The van der Waals surface area contributed by atoms with Gasteiger partial charge in [-0.25, -0.2) is 4.39 Å². The van der Waals surface area contributed by atoms with Gasteiger partial charge in [0.1, 0.15) is 5.82 Å². The first-order valence-electron chi connectivity index (χ1n) is 7.34. The molecular weight excluding hydrogens is 301 g/mol. The second-order valence-corrected chi connectivity index (χ2v) is 6.15. The van der Waals surface area contributed by atoms with Crippen molar-refractivity contribution in [3.05, 3.63) is 58.0 Å². The highest BCUT2D eigenvalue weighted by Crippen LogP contribution is 2.26. The number of halogens is 1. The molecule has 0 bridgehead atoms. The Bertz CT molecular complexity index is 569. The van der Waals surface area contributed by atoms with Crippen LogP contribution >= 0.6 is 11.3 Å². The highest BCUT2D eigenvalue weighted by molar-refractivity contribution is 7.10. The van der Waals surface area contributed by atoms with Gasteiger partial charge in [-0.2, -0.15) is 0 Å². The molecule has 22 heavy (non-hydrogen) atoms. The number of thiophene rings is 1. The molecule has 3 nitrogen and oxygen atoms in total. The lowest BCUT2D eigenvalue weighted by atomic mass is 10.00. The number of aliphatic hydroxyl groups excluding tert-OH is 1. The molecule has 1 atom stereocenters. The SMILES string of the molecule is O=C(Cc1ccc(F)cc1)NCCC(CCO)c1cccs1. The van der Waals surface area contributed by atoms with Gasteiger partial charge in [0.05, 0.1) is 6.42 Å². The van der Waals surface area contributed by atoms with E-state index in [1.54, 1.807) is 23.5 Å². The summed E-state index contributed by atoms with van der Waals surface area (Å²) < 4.78 is 12.8. The Morgan fingerprint density at radius 1 is 1.23 bits per heavy atom. The zero-order chi connectivity index (χ0) is 15.8. The van der Waals surface area contributed by atoms with Gasteiger partial charge in [0.15, 0.2) is 0 Å². The second kappa shape index (κ2) is 8.66. The summed E-state index contributed by atoms with van der Waals surface area (Å²) in [6, 6.07) is 10.0. The van der Waals surface area contributed by atoms with Crippen molar-refractivity contribution in [1.29, 1.82) is 0 Å². The normalized spacial score (nSPS) is 12.1. The van der Waals surface area contributed by atoms with E-state index in [1.807, 2.05) is 11.4 Å². The molecule has 2 rings (SSSR count). The second-order valence-electron chi connectivity index (χ2n) is 5.17. The van der Waals surface area contributed by atoms with Crippen LogP contribution in [0, 0.1) is 5.82 Å². The summed E-state index contributed by atoms with van der Waals surface area (Å²) in [4.78, 5) is 13.1. The van der Waals surface area contributed by atoms with Gasteiger partial charge in [0, 0.05) is 18.0 Å². The summed E-state index contributed by atoms with van der Waals surface area (Å²) in [5, 5.41) is 14.1. The molecule has 0 saturated carbocycles. The van der Waals surface area contributed by atoms with Gasteiger partial charge in [0.2, 0.25) is 5.91 Å². The van der Waals surface area contributed by atoms with Gasteiger partial charge in [-0.05, 0) is 47.9 Å². The van der Waals surface area contributed by atoms with Crippen molar-refractivity contribution in [2.24, 2.45) is 0 Å². The first kappa shape index (κ1) is 16.6. The van der Waals surface area contributed by atoms with Gasteiger partial charge in [0.25, 0.3) is 0 Å². The zero-order valence-corrected chi connectivity index (χ0v) is 13.1. The molecule has 0 radical (unpaired) electrons. The van der Waals surface area contributed by atoms with Crippen LogP contribution in [0.3, 0.4) is 0 Å². The van der Waals surface area contributed by atoms with Crippen LogP contribution in [0.1, 0.15) is 29.2 Å². The average molecular weight is 321 g/mol. The Kier molecular flexibility index (Phi) is 6.55. The molecule has 0 aliphatic carbocycles. The van der Waals surface area contributed by atoms with Gasteiger partial charge in [-0.3, -0.25) is 4.79 Å². The molecular formula is C17H20FNO2S. The molecule has 2 N–H and O–H groups in total. The lowest BCUT2D eigenvalue weighted by Gasteiger charge is -2.14. The first-order chi connectivity index (χ1) is 10.7. The third kappa shape index (κ3) is 5.24. The predicted octanol–water partition coefficient (Wildman–Crippen LogP) is 3.10. The van der Waals surface area contributed by atoms with Crippen LogP contribution in [0.2, 0.25) is 0 Å². The van der Waals surface area contributed by atoms with Gasteiger partial charge >= 0.3 is 0 Å². The van der Waals surface area contributed by atoms with E-state index >= 15 is 0 Å². The quantitative estimate of drug-likeness (QED) is 0.785. The monoisotopic (exact) mass is 321 g/mol. The Labute approximate surface area is 133 Å². The van der Waals surface area contributed by atoms with E-state index in [1.165, 1.54) is 17.0 Å². The lowest BCUT2D eigenvalue weighted by Crippen LogP contribution is -2.27. The van der Waals surface area contributed by atoms with Crippen LogP contribution in [-0.4, -0.2) is 24.2 Å². The fourth-order valence-corrected chi connectivity index (χ4v) is 3.24. The summed E-state index contributed by atoms with van der Waals surface area (Å²) >= 11 is 1.67. The minimum absolute atomic E-state index is 0.0689. The maximum Gasteiger partial charge on any atom is 0.224 e. The van der Waals surface area contributed by atoms with Crippen molar-refractivity contribution in [1.82, 2.24) is 5.32 Å². The van der Waals surface area contributed by atoms with Crippen molar-refractivity contribution in [3.8, 4) is 0 Å². The number of nitrogens with one attached hydrogen (secondary N) is 1. The van der Waals surface area contributed by atoms with Crippen LogP contribution in [-0.2, 0) is 11.2 Å². The van der Waals surface area contributed by atoms with E-state index in [-0.39, 0.29) is 30.7 Å². The smallest absolute Gasteiger partial charge is 0.224 e. The third-order valence-corrected chi connectivity index (χ3v) is 4.55. The molecule has 0 aliphatic rings. The third-order valence-electron chi connectivity index (χ3n) is 3.52. The minimum Gasteiger partial charge on any atom is -0.396 e. The molecule has 5 heteroatoms. The molecule has 1 aromatic carbocycles. The Hall–Kier alpha value is -1.72. The maximum absolute atomic E-state index is 12.8. The van der Waals surface area contributed by atoms with E-state index < -0.39 is 0 Å². The van der Waals surface area contributed by atoms with E-state index in [0.717, 1.165) is 12.0 Å². The fraction of sp³-hybridized carbons (Fsp3) is 0.353. The predicted molar refractivity (Wildman–Crippen MR) is 86.5 cm³/mol. The Morgan fingerprint density at radius 2 is 2.00 bits per heavy atom. The van der Waals surface area contributed by atoms with Gasteiger partial charge in [-0.15, -0.1) is 11.3 Å². The minimum atomic E-state index is -0.299. The molecule has 1 amide bonds. The average Bonchev–Trinajstić information content (AvgIpc) is 3.03. The molecule has 0 saturated heterocycles. The largest absolute Gasteiger partial charge is 0.396 e. The number of hydrogen-bond acceptors (Lipinski definition) is 3. The number of carbonyl (C=O) groups is 1. The summed E-state index contributed by atoms with van der Waals surface area (Å²) in [5.74, 6) is -0.0939. The highest BCUT2D eigenvalue weighted by atomic mass is 32.1. The number of amides is 1. The topological polar surface area (TPSA) is 49.3 Å². The van der Waals surface area contributed by atoms with Crippen molar-refractivity contribution >= 4 is 17.2 Å². The van der Waals surface area contributed by atoms with Crippen LogP contribution in [0.4, 0.5) is 4.39 Å². The number of aliphatic hydroxyl groups is 1. The van der Waals surface area contributed by atoms with Crippen molar-refractivity contribution in [3.63, 3.8) is 0 Å². The zero-order valence-electron chi connectivity index (χ0n) is 12.3. The Morgan fingerprint density at radius 3 is 2.64 bits per heavy atom. The Balaban J connectivity index is 1.76. The van der Waals surface area contributed by atoms with Crippen molar-refractivity contribution < 1.29 is 14.3 Å². The molecule has 2 aromatic rings. The highest BCUT2D eigenvalue weighted by Gasteiger charge is 2.12. The summed E-state index contributed by atoms with van der Waals surface area (Å²) in [6.07, 6.45) is 1.76. The van der Waals surface area contributed by atoms with Gasteiger partial charge < -0.3 is 10.4 Å². The molecule has 1 unspecified atom stereocenters. The van der Waals surface area contributed by atoms with Crippen LogP contribution in [0.25, 0.3) is 0 Å². The summed E-state index contributed by atoms with van der Waals surface area (Å²) in [7, 11) is 0. The fourth-order valence-electron chi connectivity index (χ4n) is 2.34. The number of carbonyl (C=O) groups excluding carboxylic acids is 1. The van der Waals surface area contributed by atoms with E-state index in [9.17, 15) is 9.18 Å². The summed E-state index contributed by atoms with van der Waals surface area (Å²) in [5.41, 5.74) is 0.795. The molecule has 0 aliphatic heterocycles. The number of rotatable bonds is 8. The first-order valence-corrected chi connectivity index (χ1v) is 8.22. The van der Waals surface area contributed by atoms with Crippen LogP contribution < -0.4 is 5.32 Å². The van der Waals surface area contributed by atoms with E-state index in [2.05, 4.69) is 11.4 Å². The maximum atomic E-state index is 12.8. The summed E-state index contributed by atoms with van der Waals surface area (Å²) in [6.45, 7) is 0.717. The van der Waals surface area contributed by atoms with Crippen molar-refractivity contribution in [2.45, 2.75) is 25.2 Å². The van der Waals surface area contributed by atoms with E-state index in [4.69, 9.17) is 5.11 Å². The van der Waals surface area contributed by atoms with Crippen LogP contribution in [0.15, 0.2) is 41.8 Å². The molecule has 1 aromatic heterocycles. The molecule has 1 heterocycles.